The van der Waals surface area contributed by atoms with Crippen LogP contribution in [-0.4, -0.2) is 29.8 Å². The quantitative estimate of drug-likeness (QED) is 0.773. The number of rotatable bonds is 6. The van der Waals surface area contributed by atoms with Gasteiger partial charge in [-0.2, -0.15) is 0 Å². The molecule has 0 saturated carbocycles. The first-order valence-electron chi connectivity index (χ1n) is 8.57. The van der Waals surface area contributed by atoms with Crippen LogP contribution in [0.25, 0.3) is 11.1 Å². The third-order valence-electron chi connectivity index (χ3n) is 4.54. The predicted molar refractivity (Wildman–Crippen MR) is 99.1 cm³/mol. The molecule has 5 nitrogen and oxygen atoms in total. The van der Waals surface area contributed by atoms with Gasteiger partial charge in [-0.25, -0.2) is 9.59 Å². The van der Waals surface area contributed by atoms with Crippen molar-refractivity contribution in [1.29, 1.82) is 0 Å². The minimum absolute atomic E-state index is 0.0491. The third kappa shape index (κ3) is 3.61. The molecule has 0 saturated heterocycles. The maximum absolute atomic E-state index is 12.1. The van der Waals surface area contributed by atoms with Crippen molar-refractivity contribution in [3.05, 3.63) is 71.8 Å². The van der Waals surface area contributed by atoms with Crippen LogP contribution in [0, 0.1) is 0 Å². The Labute approximate surface area is 152 Å². The zero-order chi connectivity index (χ0) is 18.5. The number of carbonyl (C=O) groups is 2. The Morgan fingerprint density at radius 1 is 1.12 bits per heavy atom. The molecule has 0 spiro atoms. The molecule has 1 amide bonds. The van der Waals surface area contributed by atoms with Crippen LogP contribution < -0.4 is 5.32 Å². The Morgan fingerprint density at radius 3 is 2.23 bits per heavy atom. The van der Waals surface area contributed by atoms with Crippen LogP contribution in [0.1, 0.15) is 30.4 Å². The van der Waals surface area contributed by atoms with E-state index in [0.29, 0.717) is 0 Å². The van der Waals surface area contributed by atoms with Crippen molar-refractivity contribution in [3.8, 4) is 11.1 Å². The molecule has 0 fully saturated rings. The lowest BCUT2D eigenvalue weighted by Crippen LogP contribution is -2.41. The van der Waals surface area contributed by atoms with Gasteiger partial charge in [-0.1, -0.05) is 60.7 Å². The van der Waals surface area contributed by atoms with Gasteiger partial charge in [-0.15, -0.1) is 0 Å². The number of fused-ring (bicyclic) bond motifs is 3. The minimum Gasteiger partial charge on any atom is -0.480 e. The van der Waals surface area contributed by atoms with Gasteiger partial charge >= 0.3 is 12.1 Å². The summed E-state index contributed by atoms with van der Waals surface area (Å²) in [4.78, 5) is 23.3. The van der Waals surface area contributed by atoms with Gasteiger partial charge in [0.15, 0.2) is 0 Å². The number of benzene rings is 2. The van der Waals surface area contributed by atoms with Gasteiger partial charge in [0.1, 0.15) is 12.6 Å². The summed E-state index contributed by atoms with van der Waals surface area (Å²) >= 11 is 0. The number of aliphatic carboxylic acids is 1. The van der Waals surface area contributed by atoms with E-state index in [1.807, 2.05) is 36.4 Å². The van der Waals surface area contributed by atoms with E-state index in [2.05, 4.69) is 17.4 Å². The number of carboxylic acids is 1. The molecule has 0 heterocycles. The Hall–Kier alpha value is -3.08. The Balaban J connectivity index is 1.70. The minimum atomic E-state index is -1.09. The first kappa shape index (κ1) is 17.7. The van der Waals surface area contributed by atoms with E-state index in [0.717, 1.165) is 22.3 Å². The summed E-state index contributed by atoms with van der Waals surface area (Å²) < 4.78 is 5.36. The molecule has 2 aromatic carbocycles. The molecule has 1 atom stereocenters. The Kier molecular flexibility index (Phi) is 5.37. The highest BCUT2D eigenvalue weighted by Crippen LogP contribution is 2.44. The predicted octanol–water partition coefficient (Wildman–Crippen LogP) is 3.94. The summed E-state index contributed by atoms with van der Waals surface area (Å²) in [5.74, 6) is -1.14. The molecule has 0 aliphatic heterocycles. The number of amides is 1. The van der Waals surface area contributed by atoms with E-state index in [4.69, 9.17) is 4.74 Å². The average molecular weight is 351 g/mol. The molecule has 2 N–H and O–H groups in total. The molecule has 2 aromatic rings. The third-order valence-corrected chi connectivity index (χ3v) is 4.54. The SMILES string of the molecule is CC=CCC(NC(=O)OCC1c2ccccc2-c2ccccc21)C(=O)O. The molecule has 26 heavy (non-hydrogen) atoms. The number of nitrogens with one attached hydrogen (secondary N) is 1. The number of hydrogen-bond donors (Lipinski definition) is 2. The summed E-state index contributed by atoms with van der Waals surface area (Å²) in [6, 6.07) is 15.1. The first-order chi connectivity index (χ1) is 12.6. The fourth-order valence-electron chi connectivity index (χ4n) is 3.28. The maximum Gasteiger partial charge on any atom is 0.407 e. The molecule has 3 rings (SSSR count). The molecule has 0 aromatic heterocycles. The highest BCUT2D eigenvalue weighted by molar-refractivity contribution is 5.81. The first-order valence-corrected chi connectivity index (χ1v) is 8.57. The summed E-state index contributed by atoms with van der Waals surface area (Å²) in [6.07, 6.45) is 2.94. The molecular formula is C21H21NO4. The molecule has 1 unspecified atom stereocenters. The number of allylic oxidation sites excluding steroid dienone is 1. The van der Waals surface area contributed by atoms with Crippen LogP contribution in [0.2, 0.25) is 0 Å². The van der Waals surface area contributed by atoms with E-state index in [1.54, 1.807) is 19.1 Å². The van der Waals surface area contributed by atoms with Crippen molar-refractivity contribution in [1.82, 2.24) is 5.32 Å². The fourth-order valence-corrected chi connectivity index (χ4v) is 3.28. The highest BCUT2D eigenvalue weighted by atomic mass is 16.5. The largest absolute Gasteiger partial charge is 0.480 e. The van der Waals surface area contributed by atoms with Crippen LogP contribution in [0.4, 0.5) is 4.79 Å². The highest BCUT2D eigenvalue weighted by Gasteiger charge is 2.29. The van der Waals surface area contributed by atoms with Gasteiger partial charge < -0.3 is 15.2 Å². The summed E-state index contributed by atoms with van der Waals surface area (Å²) in [6.45, 7) is 1.96. The van der Waals surface area contributed by atoms with E-state index in [9.17, 15) is 14.7 Å². The van der Waals surface area contributed by atoms with Crippen LogP contribution in [0.5, 0.6) is 0 Å². The van der Waals surface area contributed by atoms with Crippen molar-refractivity contribution >= 4 is 12.1 Å². The molecule has 0 radical (unpaired) electrons. The van der Waals surface area contributed by atoms with Gasteiger partial charge in [0, 0.05) is 5.92 Å². The lowest BCUT2D eigenvalue weighted by Gasteiger charge is -2.16. The maximum atomic E-state index is 12.1. The summed E-state index contributed by atoms with van der Waals surface area (Å²) in [7, 11) is 0. The Bertz CT molecular complexity index is 798. The van der Waals surface area contributed by atoms with Gasteiger partial charge in [0.25, 0.3) is 0 Å². The van der Waals surface area contributed by atoms with Crippen molar-refractivity contribution in [2.24, 2.45) is 0 Å². The average Bonchev–Trinajstić information content (AvgIpc) is 2.97. The second-order valence-electron chi connectivity index (χ2n) is 6.17. The topological polar surface area (TPSA) is 75.6 Å². The van der Waals surface area contributed by atoms with E-state index < -0.39 is 18.1 Å². The normalized spacial score (nSPS) is 13.9. The summed E-state index contributed by atoms with van der Waals surface area (Å²) in [5, 5.41) is 11.6. The van der Waals surface area contributed by atoms with Gasteiger partial charge in [-0.3, -0.25) is 0 Å². The van der Waals surface area contributed by atoms with Gasteiger partial charge in [-0.05, 0) is 35.6 Å². The van der Waals surface area contributed by atoms with Crippen molar-refractivity contribution in [2.75, 3.05) is 6.61 Å². The van der Waals surface area contributed by atoms with Crippen LogP contribution >= 0.6 is 0 Å². The standard InChI is InChI=1S/C21H21NO4/c1-2-3-12-19(20(23)24)22-21(25)26-13-18-16-10-6-4-8-14(16)15-9-5-7-11-17(15)18/h2-11,18-19H,12-13H2,1H3,(H,22,25)(H,23,24). The van der Waals surface area contributed by atoms with Crippen LogP contribution in [-0.2, 0) is 9.53 Å². The molecule has 134 valence electrons. The Morgan fingerprint density at radius 2 is 1.69 bits per heavy atom. The fraction of sp³-hybridized carbons (Fsp3) is 0.238. The molecular weight excluding hydrogens is 330 g/mol. The smallest absolute Gasteiger partial charge is 0.407 e. The number of hydrogen-bond acceptors (Lipinski definition) is 3. The van der Waals surface area contributed by atoms with Crippen LogP contribution in [0.15, 0.2) is 60.7 Å². The lowest BCUT2D eigenvalue weighted by molar-refractivity contribution is -0.139. The number of ether oxygens (including phenoxy) is 1. The van der Waals surface area contributed by atoms with Crippen molar-refractivity contribution in [3.63, 3.8) is 0 Å². The number of carbonyl (C=O) groups excluding carboxylic acids is 1. The molecule has 1 aliphatic rings. The second kappa shape index (κ2) is 7.87. The van der Waals surface area contributed by atoms with E-state index in [1.165, 1.54) is 0 Å². The molecule has 1 aliphatic carbocycles. The van der Waals surface area contributed by atoms with E-state index >= 15 is 0 Å². The van der Waals surface area contributed by atoms with Crippen molar-refractivity contribution in [2.45, 2.75) is 25.3 Å². The zero-order valence-electron chi connectivity index (χ0n) is 14.5. The number of alkyl carbamates (subject to hydrolysis) is 1. The van der Waals surface area contributed by atoms with Gasteiger partial charge in [0.2, 0.25) is 0 Å². The monoisotopic (exact) mass is 351 g/mol. The zero-order valence-corrected chi connectivity index (χ0v) is 14.5. The lowest BCUT2D eigenvalue weighted by atomic mass is 9.98. The van der Waals surface area contributed by atoms with Crippen molar-refractivity contribution < 1.29 is 19.4 Å². The summed E-state index contributed by atoms with van der Waals surface area (Å²) in [5.41, 5.74) is 4.53. The molecule has 0 bridgehead atoms. The second-order valence-corrected chi connectivity index (χ2v) is 6.17. The van der Waals surface area contributed by atoms with E-state index in [-0.39, 0.29) is 18.9 Å². The van der Waals surface area contributed by atoms with Crippen LogP contribution in [0.3, 0.4) is 0 Å². The number of carboxylic acid groups (broad SMARTS) is 1. The molecule has 5 heteroatoms. The van der Waals surface area contributed by atoms with Gasteiger partial charge in [0.05, 0.1) is 0 Å².